The summed E-state index contributed by atoms with van der Waals surface area (Å²) in [7, 11) is 0. The number of fused-ring (bicyclic) bond motifs is 5. The Morgan fingerprint density at radius 1 is 0.886 bits per heavy atom. The Morgan fingerprint density at radius 2 is 1.59 bits per heavy atom. The maximum Gasteiger partial charge on any atom is 0.306 e. The lowest BCUT2D eigenvalue weighted by Gasteiger charge is -2.61. The average molecular weight is 611 g/mol. The average Bonchev–Trinajstić information content (AvgIpc) is 3.32. The molecule has 10 unspecified atom stereocenters. The third kappa shape index (κ3) is 6.97. The first-order valence-electron chi connectivity index (χ1n) is 18.1. The number of carbonyl (C=O) groups excluding carboxylic acids is 1. The fraction of sp³-hybridized carbons (Fsp3) is 0.816. The van der Waals surface area contributed by atoms with Crippen LogP contribution in [0.25, 0.3) is 0 Å². The van der Waals surface area contributed by atoms with Crippen molar-refractivity contribution in [1.29, 1.82) is 0 Å². The van der Waals surface area contributed by atoms with Crippen molar-refractivity contribution in [2.75, 3.05) is 11.5 Å². The Labute approximate surface area is 267 Å². The maximum atomic E-state index is 12.9. The first-order chi connectivity index (χ1) is 20.9. The van der Waals surface area contributed by atoms with Crippen LogP contribution in [-0.4, -0.2) is 17.3 Å². The summed E-state index contributed by atoms with van der Waals surface area (Å²) in [6.45, 7) is 12.6. The van der Waals surface area contributed by atoms with E-state index in [-0.39, 0.29) is 12.1 Å². The predicted molar refractivity (Wildman–Crippen MR) is 179 cm³/mol. The molecule has 0 aliphatic heterocycles. The fourth-order valence-corrected chi connectivity index (χ4v) is 11.2. The van der Waals surface area contributed by atoms with Gasteiger partial charge >= 0.3 is 5.97 Å². The Hall–Kier alpha value is -1.79. The van der Waals surface area contributed by atoms with Crippen molar-refractivity contribution in [2.45, 2.75) is 143 Å². The van der Waals surface area contributed by atoms with Gasteiger partial charge in [-0.15, -0.1) is 0 Å². The molecule has 0 amide bonds. The van der Waals surface area contributed by atoms with Gasteiger partial charge in [0.25, 0.3) is 0 Å². The van der Waals surface area contributed by atoms with Crippen LogP contribution in [-0.2, 0) is 14.4 Å². The Morgan fingerprint density at radius 3 is 2.30 bits per heavy atom. The number of hydrogen-bond acceptors (Lipinski definition) is 6. The van der Waals surface area contributed by atoms with Crippen LogP contribution in [0.3, 0.4) is 0 Å². The second-order valence-corrected chi connectivity index (χ2v) is 16.5. The van der Waals surface area contributed by atoms with E-state index in [1.807, 2.05) is 0 Å². The summed E-state index contributed by atoms with van der Waals surface area (Å²) in [5.41, 5.74) is 14.5. The normalized spacial score (nSPS) is 36.2. The molecule has 44 heavy (non-hydrogen) atoms. The summed E-state index contributed by atoms with van der Waals surface area (Å²) in [5, 5.41) is 9.46. The number of hydrogen-bond donors (Lipinski definition) is 3. The third-order valence-corrected chi connectivity index (χ3v) is 13.5. The van der Waals surface area contributed by atoms with E-state index in [4.69, 9.17) is 21.1 Å². The van der Waals surface area contributed by atoms with Gasteiger partial charge in [-0.05, 0) is 147 Å². The van der Waals surface area contributed by atoms with Crippen molar-refractivity contribution >= 4 is 17.3 Å². The molecule has 0 bridgehead atoms. The zero-order valence-electron chi connectivity index (χ0n) is 28.4. The van der Waals surface area contributed by atoms with E-state index < -0.39 is 6.10 Å². The number of anilines is 2. The number of carbonyl (C=O) groups is 1. The number of esters is 1. The van der Waals surface area contributed by atoms with Gasteiger partial charge in [0.05, 0.1) is 0 Å². The van der Waals surface area contributed by atoms with Crippen LogP contribution < -0.4 is 11.5 Å². The Balaban J connectivity index is 1.11. The molecule has 1 aromatic rings. The highest BCUT2D eigenvalue weighted by Crippen LogP contribution is 2.68. The molecule has 5 rings (SSSR count). The van der Waals surface area contributed by atoms with Gasteiger partial charge in [-0.1, -0.05) is 53.9 Å². The highest BCUT2D eigenvalue weighted by Gasteiger charge is 2.60. The van der Waals surface area contributed by atoms with Crippen LogP contribution in [0.4, 0.5) is 11.4 Å². The van der Waals surface area contributed by atoms with Crippen molar-refractivity contribution < 1.29 is 19.7 Å². The van der Waals surface area contributed by atoms with Crippen molar-refractivity contribution in [1.82, 2.24) is 0 Å². The number of rotatable bonds is 12. The van der Waals surface area contributed by atoms with E-state index in [1.54, 1.807) is 18.2 Å². The van der Waals surface area contributed by atoms with Gasteiger partial charge < -0.3 is 16.2 Å². The van der Waals surface area contributed by atoms with Gasteiger partial charge in [-0.2, -0.15) is 0 Å². The van der Waals surface area contributed by atoms with E-state index in [0.29, 0.717) is 52.9 Å². The van der Waals surface area contributed by atoms with Gasteiger partial charge in [0.2, 0.25) is 0 Å². The van der Waals surface area contributed by atoms with E-state index >= 15 is 0 Å². The molecule has 4 aliphatic carbocycles. The molecule has 4 fully saturated rings. The highest BCUT2D eigenvalue weighted by molar-refractivity contribution is 5.69. The van der Waals surface area contributed by atoms with Gasteiger partial charge in [0.15, 0.2) is 0 Å². The summed E-state index contributed by atoms with van der Waals surface area (Å²) in [6.07, 6.45) is 16.6. The van der Waals surface area contributed by atoms with Crippen molar-refractivity contribution in [3.63, 3.8) is 0 Å². The quantitative estimate of drug-likeness (QED) is 0.0941. The predicted octanol–water partition coefficient (Wildman–Crippen LogP) is 9.59. The Bertz CT molecular complexity index is 1100. The monoisotopic (exact) mass is 610 g/mol. The van der Waals surface area contributed by atoms with Crippen LogP contribution >= 0.6 is 0 Å². The molecule has 1 aromatic carbocycles. The van der Waals surface area contributed by atoms with Crippen molar-refractivity contribution in [3.8, 4) is 0 Å². The summed E-state index contributed by atoms with van der Waals surface area (Å²) in [5.74, 6) is 5.74. The molecule has 0 spiro atoms. The summed E-state index contributed by atoms with van der Waals surface area (Å²) in [4.78, 5) is 17.6. The molecule has 6 nitrogen and oxygen atoms in total. The van der Waals surface area contributed by atoms with Crippen LogP contribution in [0.1, 0.15) is 143 Å². The first-order valence-corrected chi connectivity index (χ1v) is 18.1. The van der Waals surface area contributed by atoms with Gasteiger partial charge in [0.1, 0.15) is 12.2 Å². The van der Waals surface area contributed by atoms with Crippen molar-refractivity contribution in [2.24, 2.45) is 52.3 Å². The summed E-state index contributed by atoms with van der Waals surface area (Å²) < 4.78 is 6.07. The first kappa shape index (κ1) is 33.6. The lowest BCUT2D eigenvalue weighted by atomic mass is 9.44. The standard InChI is InChI=1S/C38H62N2O4/c1-24(2)8-6-9-25(3)32-14-15-33-31-13-12-27-22-30(16-18-37(27,4)34(31)17-19-38(32,33)5)43-36(41)11-7-10-35(44-42)26-20-28(39)23-29(40)21-26/h20-21,23-25,27,30-35,42H,6-19,22,39-40H2,1-5H3. The Kier molecular flexibility index (Phi) is 10.6. The van der Waals surface area contributed by atoms with E-state index in [9.17, 15) is 10.1 Å². The molecule has 0 heterocycles. The molecule has 0 radical (unpaired) electrons. The fourth-order valence-electron chi connectivity index (χ4n) is 11.2. The van der Waals surface area contributed by atoms with E-state index in [0.717, 1.165) is 48.3 Å². The SMILES string of the molecule is CC(C)CCCC(C)C1CCC2C3CCC4CC(OC(=O)CCCC(OO)c5cc(N)cc(N)c5)CCC4(C)C3CCC12C. The molecule has 0 saturated heterocycles. The zero-order valence-corrected chi connectivity index (χ0v) is 28.4. The largest absolute Gasteiger partial charge is 0.462 e. The molecule has 6 heteroatoms. The second-order valence-electron chi connectivity index (χ2n) is 16.5. The number of ether oxygens (including phenoxy) is 1. The number of nitrogens with two attached hydrogens (primary N) is 2. The topological polar surface area (TPSA) is 108 Å². The minimum atomic E-state index is -0.570. The minimum absolute atomic E-state index is 0.0344. The number of nitrogen functional groups attached to an aromatic ring is 2. The van der Waals surface area contributed by atoms with Gasteiger partial charge in [-0.25, -0.2) is 4.89 Å². The van der Waals surface area contributed by atoms with Crippen LogP contribution in [0, 0.1) is 52.3 Å². The van der Waals surface area contributed by atoms with Gasteiger partial charge in [0, 0.05) is 17.8 Å². The lowest BCUT2D eigenvalue weighted by molar-refractivity contribution is -0.283. The maximum absolute atomic E-state index is 12.9. The molecule has 248 valence electrons. The molecular weight excluding hydrogens is 548 g/mol. The smallest absolute Gasteiger partial charge is 0.306 e. The van der Waals surface area contributed by atoms with E-state index in [1.165, 1.54) is 64.2 Å². The second kappa shape index (κ2) is 13.9. The van der Waals surface area contributed by atoms with Gasteiger partial charge in [-0.3, -0.25) is 10.1 Å². The summed E-state index contributed by atoms with van der Waals surface area (Å²) in [6, 6.07) is 5.16. The molecule has 0 aromatic heterocycles. The van der Waals surface area contributed by atoms with Crippen LogP contribution in [0.15, 0.2) is 18.2 Å². The molecule has 5 N–H and O–H groups in total. The summed E-state index contributed by atoms with van der Waals surface area (Å²) >= 11 is 0. The third-order valence-electron chi connectivity index (χ3n) is 13.5. The van der Waals surface area contributed by atoms with E-state index in [2.05, 4.69) is 34.6 Å². The molecule has 4 aliphatic rings. The number of benzene rings is 1. The molecule has 4 saturated carbocycles. The van der Waals surface area contributed by atoms with Crippen LogP contribution in [0.2, 0.25) is 0 Å². The highest BCUT2D eigenvalue weighted by atomic mass is 17.1. The minimum Gasteiger partial charge on any atom is -0.462 e. The van der Waals surface area contributed by atoms with Crippen LogP contribution in [0.5, 0.6) is 0 Å². The molecular formula is C38H62N2O4. The van der Waals surface area contributed by atoms with Crippen molar-refractivity contribution in [3.05, 3.63) is 23.8 Å². The lowest BCUT2D eigenvalue weighted by Crippen LogP contribution is -2.54. The zero-order chi connectivity index (χ0) is 31.6. The molecule has 10 atom stereocenters.